The van der Waals surface area contributed by atoms with Gasteiger partial charge in [0, 0.05) is 16.1 Å². The van der Waals surface area contributed by atoms with E-state index in [0.29, 0.717) is 35.7 Å². The highest BCUT2D eigenvalue weighted by Gasteiger charge is 2.49. The minimum Gasteiger partial charge on any atom is -0.469 e. The van der Waals surface area contributed by atoms with Gasteiger partial charge in [0.15, 0.2) is 0 Å². The molecule has 1 saturated carbocycles. The quantitative estimate of drug-likeness (QED) is 0.802. The van der Waals surface area contributed by atoms with Crippen LogP contribution in [0.15, 0.2) is 53.5 Å². The fourth-order valence-electron chi connectivity index (χ4n) is 3.90. The Morgan fingerprint density at radius 3 is 2.78 bits per heavy atom. The molecule has 27 heavy (non-hydrogen) atoms. The van der Waals surface area contributed by atoms with E-state index < -0.39 is 5.54 Å². The summed E-state index contributed by atoms with van der Waals surface area (Å²) in [5.74, 6) is -0.810. The van der Waals surface area contributed by atoms with Crippen molar-refractivity contribution in [2.45, 2.75) is 24.8 Å². The fourth-order valence-corrected chi connectivity index (χ4v) is 4.07. The number of aliphatic imine (C=N–C) groups is 1. The third-order valence-corrected chi connectivity index (χ3v) is 5.54. The van der Waals surface area contributed by atoms with Gasteiger partial charge in [-0.15, -0.1) is 0 Å². The minimum absolute atomic E-state index is 0.191. The molecule has 1 aliphatic heterocycles. The second-order valence-corrected chi connectivity index (χ2v) is 7.40. The summed E-state index contributed by atoms with van der Waals surface area (Å²) in [6.07, 6.45) is 1.41. The first-order valence-corrected chi connectivity index (χ1v) is 9.25. The summed E-state index contributed by atoms with van der Waals surface area (Å²) in [6.45, 7) is 0. The monoisotopic (exact) mass is 382 g/mol. The third kappa shape index (κ3) is 3.12. The molecule has 1 spiro atoms. The molecule has 1 aliphatic carbocycles. The van der Waals surface area contributed by atoms with E-state index in [9.17, 15) is 9.59 Å². The predicted octanol–water partition coefficient (Wildman–Crippen LogP) is 3.84. The van der Waals surface area contributed by atoms with Crippen LogP contribution < -0.4 is 5.32 Å². The van der Waals surface area contributed by atoms with Crippen LogP contribution in [0.1, 0.15) is 30.4 Å². The molecule has 0 aromatic heterocycles. The lowest BCUT2D eigenvalue weighted by Crippen LogP contribution is -2.39. The lowest BCUT2D eigenvalue weighted by molar-refractivity contribution is -0.145. The van der Waals surface area contributed by atoms with E-state index in [-0.39, 0.29) is 17.8 Å². The lowest BCUT2D eigenvalue weighted by atomic mass is 9.94. The Balaban J connectivity index is 1.87. The Morgan fingerprint density at radius 1 is 1.26 bits per heavy atom. The van der Waals surface area contributed by atoms with Gasteiger partial charge >= 0.3 is 5.97 Å². The lowest BCUT2D eigenvalue weighted by Gasteiger charge is -2.22. The second-order valence-electron chi connectivity index (χ2n) is 6.96. The van der Waals surface area contributed by atoms with E-state index in [1.807, 2.05) is 36.4 Å². The Hall–Kier alpha value is -2.66. The maximum atomic E-state index is 13.1. The number of carbonyl (C=O) groups is 2. The topological polar surface area (TPSA) is 67.8 Å². The van der Waals surface area contributed by atoms with Gasteiger partial charge in [0.25, 0.3) is 5.91 Å². The SMILES string of the molecule is COC(=O)C1CCC2(C1)N=C(c1ccccc1)c1cc(Cl)ccc1NC2=O. The molecule has 2 aliphatic rings. The molecular formula is C21H19ClN2O3. The number of ether oxygens (including phenoxy) is 1. The molecule has 6 heteroatoms. The molecule has 0 radical (unpaired) electrons. The number of esters is 1. The van der Waals surface area contributed by atoms with Gasteiger partial charge in [-0.3, -0.25) is 14.6 Å². The smallest absolute Gasteiger partial charge is 0.308 e. The summed E-state index contributed by atoms with van der Waals surface area (Å²) in [7, 11) is 1.37. The van der Waals surface area contributed by atoms with Crippen molar-refractivity contribution in [2.75, 3.05) is 12.4 Å². The largest absolute Gasteiger partial charge is 0.469 e. The van der Waals surface area contributed by atoms with E-state index in [0.717, 1.165) is 11.1 Å². The van der Waals surface area contributed by atoms with Gasteiger partial charge < -0.3 is 10.1 Å². The van der Waals surface area contributed by atoms with Gasteiger partial charge in [-0.25, -0.2) is 0 Å². The highest BCUT2D eigenvalue weighted by atomic mass is 35.5. The summed E-state index contributed by atoms with van der Waals surface area (Å²) in [4.78, 5) is 30.1. The van der Waals surface area contributed by atoms with Crippen molar-refractivity contribution >= 4 is 34.9 Å². The van der Waals surface area contributed by atoms with Gasteiger partial charge in [0.05, 0.1) is 24.4 Å². The molecule has 2 atom stereocenters. The van der Waals surface area contributed by atoms with Crippen LogP contribution in [-0.2, 0) is 14.3 Å². The molecule has 5 nitrogen and oxygen atoms in total. The average Bonchev–Trinajstić information content (AvgIpc) is 3.08. The Morgan fingerprint density at radius 2 is 2.04 bits per heavy atom. The molecule has 4 rings (SSSR count). The summed E-state index contributed by atoms with van der Waals surface area (Å²) in [5, 5.41) is 3.57. The van der Waals surface area contributed by atoms with Gasteiger partial charge in [-0.1, -0.05) is 41.9 Å². The van der Waals surface area contributed by atoms with E-state index in [1.165, 1.54) is 7.11 Å². The van der Waals surface area contributed by atoms with Crippen LogP contribution in [0.5, 0.6) is 0 Å². The summed E-state index contributed by atoms with van der Waals surface area (Å²) >= 11 is 6.22. The molecule has 0 saturated heterocycles. The summed E-state index contributed by atoms with van der Waals surface area (Å²) < 4.78 is 4.89. The van der Waals surface area contributed by atoms with Crippen LogP contribution in [0.2, 0.25) is 5.02 Å². The Labute approximate surface area is 162 Å². The number of anilines is 1. The van der Waals surface area contributed by atoms with Crippen molar-refractivity contribution in [3.63, 3.8) is 0 Å². The first-order chi connectivity index (χ1) is 13.0. The first kappa shape index (κ1) is 17.7. The number of hydrogen-bond donors (Lipinski definition) is 1. The second kappa shape index (κ2) is 6.82. The van der Waals surface area contributed by atoms with Gasteiger partial charge in [0.2, 0.25) is 0 Å². The first-order valence-electron chi connectivity index (χ1n) is 8.87. The maximum Gasteiger partial charge on any atom is 0.308 e. The zero-order chi connectivity index (χ0) is 19.0. The minimum atomic E-state index is -0.991. The molecule has 0 bridgehead atoms. The van der Waals surface area contributed by atoms with E-state index in [1.54, 1.807) is 12.1 Å². The number of methoxy groups -OCH3 is 1. The van der Waals surface area contributed by atoms with Gasteiger partial charge in [-0.05, 0) is 37.5 Å². The van der Waals surface area contributed by atoms with Crippen molar-refractivity contribution in [3.8, 4) is 0 Å². The molecule has 2 unspecified atom stereocenters. The van der Waals surface area contributed by atoms with E-state index in [2.05, 4.69) is 5.32 Å². The van der Waals surface area contributed by atoms with Crippen molar-refractivity contribution in [2.24, 2.45) is 10.9 Å². The van der Waals surface area contributed by atoms with Crippen LogP contribution in [0.3, 0.4) is 0 Å². The number of amides is 1. The number of nitrogens with one attached hydrogen (secondary N) is 1. The number of benzene rings is 2. The highest BCUT2D eigenvalue weighted by molar-refractivity contribution is 6.32. The third-order valence-electron chi connectivity index (χ3n) is 5.31. The Kier molecular flexibility index (Phi) is 4.48. The normalized spacial score (nSPS) is 24.0. The average molecular weight is 383 g/mol. The molecular weight excluding hydrogens is 364 g/mol. The number of fused-ring (bicyclic) bond motifs is 1. The molecule has 1 N–H and O–H groups in total. The fraction of sp³-hybridized carbons (Fsp3) is 0.286. The number of carbonyl (C=O) groups excluding carboxylic acids is 2. The molecule has 1 amide bonds. The van der Waals surface area contributed by atoms with E-state index in [4.69, 9.17) is 21.3 Å². The van der Waals surface area contributed by atoms with Crippen molar-refractivity contribution in [3.05, 3.63) is 64.7 Å². The standard InChI is InChI=1S/C21H19ClN2O3/c1-27-19(25)14-9-10-21(12-14)20(26)23-17-8-7-15(22)11-16(17)18(24-21)13-5-3-2-4-6-13/h2-8,11,14H,9-10,12H2,1H3,(H,23,26). The number of halogens is 1. The number of nitrogens with zero attached hydrogens (tertiary/aromatic N) is 1. The van der Waals surface area contributed by atoms with Crippen LogP contribution >= 0.6 is 11.6 Å². The zero-order valence-electron chi connectivity index (χ0n) is 14.9. The highest BCUT2D eigenvalue weighted by Crippen LogP contribution is 2.42. The molecule has 2 aromatic carbocycles. The van der Waals surface area contributed by atoms with Crippen molar-refractivity contribution in [1.82, 2.24) is 0 Å². The zero-order valence-corrected chi connectivity index (χ0v) is 15.6. The van der Waals surface area contributed by atoms with Crippen molar-refractivity contribution < 1.29 is 14.3 Å². The number of rotatable bonds is 2. The van der Waals surface area contributed by atoms with Crippen LogP contribution in [-0.4, -0.2) is 30.2 Å². The van der Waals surface area contributed by atoms with Gasteiger partial charge in [0.1, 0.15) is 5.54 Å². The van der Waals surface area contributed by atoms with Crippen LogP contribution in [0.25, 0.3) is 0 Å². The van der Waals surface area contributed by atoms with Crippen molar-refractivity contribution in [1.29, 1.82) is 0 Å². The number of hydrogen-bond acceptors (Lipinski definition) is 4. The van der Waals surface area contributed by atoms with Gasteiger partial charge in [-0.2, -0.15) is 0 Å². The molecule has 2 aromatic rings. The Bertz CT molecular complexity index is 942. The molecule has 1 fully saturated rings. The molecule has 138 valence electrons. The van der Waals surface area contributed by atoms with Crippen LogP contribution in [0, 0.1) is 5.92 Å². The van der Waals surface area contributed by atoms with Crippen LogP contribution in [0.4, 0.5) is 5.69 Å². The predicted molar refractivity (Wildman–Crippen MR) is 104 cm³/mol. The maximum absolute atomic E-state index is 13.1. The molecule has 1 heterocycles. The van der Waals surface area contributed by atoms with E-state index >= 15 is 0 Å². The summed E-state index contributed by atoms with van der Waals surface area (Å²) in [5.41, 5.74) is 2.07. The summed E-state index contributed by atoms with van der Waals surface area (Å²) in [6, 6.07) is 15.1.